The van der Waals surface area contributed by atoms with Gasteiger partial charge in [-0.3, -0.25) is 9.69 Å². The molecule has 2 aliphatic rings. The number of imide groups is 1. The van der Waals surface area contributed by atoms with Crippen molar-refractivity contribution < 1.29 is 9.59 Å². The Morgan fingerprint density at radius 2 is 1.75 bits per heavy atom. The Morgan fingerprint density at radius 1 is 1.14 bits per heavy atom. The molecule has 1 heterocycles. The van der Waals surface area contributed by atoms with Crippen LogP contribution < -0.4 is 5.32 Å². The van der Waals surface area contributed by atoms with Crippen LogP contribution >= 0.6 is 0 Å². The maximum atomic E-state index is 13.3. The highest BCUT2D eigenvalue weighted by Gasteiger charge is 2.53. The predicted octanol–water partition coefficient (Wildman–Crippen LogP) is 4.38. The monoisotopic (exact) mass is 385 g/mol. The van der Waals surface area contributed by atoms with E-state index in [-0.39, 0.29) is 23.4 Å². The molecule has 28 heavy (non-hydrogen) atoms. The number of urea groups is 1. The van der Waals surface area contributed by atoms with Crippen molar-refractivity contribution in [2.75, 3.05) is 6.67 Å². The summed E-state index contributed by atoms with van der Waals surface area (Å²) in [6.45, 7) is 12.1. The fourth-order valence-electron chi connectivity index (χ4n) is 4.52. The van der Waals surface area contributed by atoms with Crippen LogP contribution in [0.1, 0.15) is 65.9 Å². The maximum Gasteiger partial charge on any atom is 0.326 e. The third-order valence-corrected chi connectivity index (χ3v) is 6.59. The van der Waals surface area contributed by atoms with Gasteiger partial charge >= 0.3 is 6.03 Å². The smallest absolute Gasteiger partial charge is 0.323 e. The quantitative estimate of drug-likeness (QED) is 0.765. The van der Waals surface area contributed by atoms with Gasteiger partial charge in [0.25, 0.3) is 5.91 Å². The summed E-state index contributed by atoms with van der Waals surface area (Å²) in [5.74, 6) is 0.561. The zero-order valence-electron chi connectivity index (χ0n) is 18.0. The summed E-state index contributed by atoms with van der Waals surface area (Å²) in [6.07, 6.45) is 3.47. The van der Waals surface area contributed by atoms with Crippen LogP contribution in [-0.4, -0.2) is 40.0 Å². The fraction of sp³-hybridized carbons (Fsp3) is 0.652. The lowest BCUT2D eigenvalue weighted by molar-refractivity contribution is -0.134. The van der Waals surface area contributed by atoms with Crippen LogP contribution in [0.15, 0.2) is 30.3 Å². The summed E-state index contributed by atoms with van der Waals surface area (Å²) in [7, 11) is 0. The molecule has 1 spiro atoms. The summed E-state index contributed by atoms with van der Waals surface area (Å²) < 4.78 is 0. The molecule has 1 aromatic rings. The van der Waals surface area contributed by atoms with Crippen molar-refractivity contribution in [2.24, 2.45) is 11.3 Å². The normalized spacial score (nSPS) is 25.8. The summed E-state index contributed by atoms with van der Waals surface area (Å²) in [5, 5.41) is 3.06. The Labute approximate surface area is 169 Å². The second kappa shape index (κ2) is 7.86. The molecule has 0 unspecified atom stereocenters. The lowest BCUT2D eigenvalue weighted by Crippen LogP contribution is -2.51. The molecule has 0 radical (unpaired) electrons. The molecule has 1 saturated heterocycles. The molecule has 3 rings (SSSR count). The molecule has 1 aromatic carbocycles. The van der Waals surface area contributed by atoms with Gasteiger partial charge in [-0.1, -0.05) is 51.1 Å². The number of benzene rings is 1. The van der Waals surface area contributed by atoms with Crippen LogP contribution in [0, 0.1) is 11.3 Å². The molecule has 2 fully saturated rings. The number of nitrogens with one attached hydrogen (secondary N) is 1. The average Bonchev–Trinajstić information content (AvgIpc) is 2.85. The van der Waals surface area contributed by atoms with E-state index in [2.05, 4.69) is 57.0 Å². The second-order valence-corrected chi connectivity index (χ2v) is 9.85. The minimum atomic E-state index is -0.686. The second-order valence-electron chi connectivity index (χ2n) is 9.85. The van der Waals surface area contributed by atoms with E-state index < -0.39 is 5.54 Å². The Balaban J connectivity index is 1.69. The molecular weight excluding hydrogens is 350 g/mol. The molecule has 1 aliphatic heterocycles. The molecule has 154 valence electrons. The molecule has 1 N–H and O–H groups in total. The Morgan fingerprint density at radius 3 is 2.29 bits per heavy atom. The van der Waals surface area contributed by atoms with E-state index in [9.17, 15) is 9.59 Å². The predicted molar refractivity (Wildman–Crippen MR) is 112 cm³/mol. The third kappa shape index (κ3) is 4.24. The van der Waals surface area contributed by atoms with Gasteiger partial charge in [-0.15, -0.1) is 0 Å². The first kappa shape index (κ1) is 20.8. The van der Waals surface area contributed by atoms with Crippen molar-refractivity contribution in [3.8, 4) is 0 Å². The Hall–Kier alpha value is -1.88. The van der Waals surface area contributed by atoms with Gasteiger partial charge in [0, 0.05) is 12.6 Å². The van der Waals surface area contributed by atoms with E-state index in [0.717, 1.165) is 25.7 Å². The average molecular weight is 386 g/mol. The highest BCUT2D eigenvalue weighted by molar-refractivity contribution is 6.07. The van der Waals surface area contributed by atoms with Gasteiger partial charge in [-0.25, -0.2) is 9.69 Å². The van der Waals surface area contributed by atoms with E-state index in [1.165, 1.54) is 10.5 Å². The summed E-state index contributed by atoms with van der Waals surface area (Å²) in [4.78, 5) is 29.6. The van der Waals surface area contributed by atoms with Crippen molar-refractivity contribution >= 4 is 11.9 Å². The number of hydrogen-bond donors (Lipinski definition) is 1. The standard InChI is InChI=1S/C23H35N3O2/c1-17(2)25(15-18-9-7-6-8-10-18)16-26-20(27)23(24-21(26)28)13-11-19(12-14-23)22(3,4)5/h6-10,17,19H,11-16H2,1-5H3,(H,24,28). The molecule has 0 atom stereocenters. The maximum absolute atomic E-state index is 13.3. The number of rotatable bonds is 5. The van der Waals surface area contributed by atoms with Gasteiger partial charge in [-0.2, -0.15) is 0 Å². The molecule has 5 heteroatoms. The van der Waals surface area contributed by atoms with Crippen molar-refractivity contribution in [3.63, 3.8) is 0 Å². The van der Waals surface area contributed by atoms with Crippen LogP contribution in [0.2, 0.25) is 0 Å². The Kier molecular flexibility index (Phi) is 5.85. The topological polar surface area (TPSA) is 52.6 Å². The molecule has 1 aliphatic carbocycles. The zero-order chi connectivity index (χ0) is 20.5. The van der Waals surface area contributed by atoms with Crippen LogP contribution in [0.25, 0.3) is 0 Å². The SMILES string of the molecule is CC(C)N(Cc1ccccc1)CN1C(=O)NC2(CCC(C(C)(C)C)CC2)C1=O. The largest absolute Gasteiger partial charge is 0.326 e. The summed E-state index contributed by atoms with van der Waals surface area (Å²) in [5.41, 5.74) is 0.745. The van der Waals surface area contributed by atoms with Crippen LogP contribution in [0.4, 0.5) is 4.79 Å². The van der Waals surface area contributed by atoms with Gasteiger partial charge in [0.05, 0.1) is 6.67 Å². The first-order valence-electron chi connectivity index (χ1n) is 10.5. The highest BCUT2D eigenvalue weighted by atomic mass is 16.2. The molecule has 0 bridgehead atoms. The van der Waals surface area contributed by atoms with Gasteiger partial charge < -0.3 is 5.32 Å². The van der Waals surface area contributed by atoms with Crippen molar-refractivity contribution in [2.45, 2.75) is 78.4 Å². The van der Waals surface area contributed by atoms with E-state index >= 15 is 0 Å². The Bertz CT molecular complexity index is 700. The first-order valence-corrected chi connectivity index (χ1v) is 10.5. The first-order chi connectivity index (χ1) is 13.1. The summed E-state index contributed by atoms with van der Waals surface area (Å²) in [6, 6.07) is 10.2. The van der Waals surface area contributed by atoms with Gasteiger partial charge in [0.2, 0.25) is 0 Å². The minimum absolute atomic E-state index is 0.0384. The van der Waals surface area contributed by atoms with Crippen molar-refractivity contribution in [1.29, 1.82) is 0 Å². The van der Waals surface area contributed by atoms with E-state index in [1.54, 1.807) is 0 Å². The van der Waals surface area contributed by atoms with Crippen LogP contribution in [-0.2, 0) is 11.3 Å². The van der Waals surface area contributed by atoms with Crippen molar-refractivity contribution in [3.05, 3.63) is 35.9 Å². The van der Waals surface area contributed by atoms with Gasteiger partial charge in [-0.05, 0) is 56.4 Å². The molecule has 1 saturated carbocycles. The zero-order valence-corrected chi connectivity index (χ0v) is 18.0. The molecule has 3 amide bonds. The lowest BCUT2D eigenvalue weighted by Gasteiger charge is -2.40. The number of nitrogens with zero attached hydrogens (tertiary/aromatic N) is 2. The van der Waals surface area contributed by atoms with Crippen molar-refractivity contribution in [1.82, 2.24) is 15.1 Å². The van der Waals surface area contributed by atoms with E-state index in [0.29, 0.717) is 19.1 Å². The molecule has 5 nitrogen and oxygen atoms in total. The number of carbonyl (C=O) groups is 2. The molecule has 0 aromatic heterocycles. The highest BCUT2D eigenvalue weighted by Crippen LogP contribution is 2.43. The molecular formula is C23H35N3O2. The van der Waals surface area contributed by atoms with Crippen LogP contribution in [0.3, 0.4) is 0 Å². The van der Waals surface area contributed by atoms with E-state index in [1.807, 2.05) is 18.2 Å². The third-order valence-electron chi connectivity index (χ3n) is 6.59. The fourth-order valence-corrected chi connectivity index (χ4v) is 4.52. The minimum Gasteiger partial charge on any atom is -0.323 e. The number of carbonyl (C=O) groups excluding carboxylic acids is 2. The number of amides is 3. The van der Waals surface area contributed by atoms with Crippen LogP contribution in [0.5, 0.6) is 0 Å². The lowest BCUT2D eigenvalue weighted by atomic mass is 9.67. The van der Waals surface area contributed by atoms with Gasteiger partial charge in [0.15, 0.2) is 0 Å². The van der Waals surface area contributed by atoms with E-state index in [4.69, 9.17) is 0 Å². The number of hydrogen-bond acceptors (Lipinski definition) is 3. The van der Waals surface area contributed by atoms with Gasteiger partial charge in [0.1, 0.15) is 5.54 Å². The summed E-state index contributed by atoms with van der Waals surface area (Å²) >= 11 is 0.